The Bertz CT molecular complexity index is 898. The largest absolute Gasteiger partial charge is 0.376 e. The highest BCUT2D eigenvalue weighted by molar-refractivity contribution is 5.95. The molecular formula is C22H27N3O3. The van der Waals surface area contributed by atoms with E-state index in [2.05, 4.69) is 5.10 Å². The molecule has 1 saturated heterocycles. The molecule has 28 heavy (non-hydrogen) atoms. The monoisotopic (exact) mass is 381 g/mol. The van der Waals surface area contributed by atoms with Crippen LogP contribution in [0.2, 0.25) is 0 Å². The Morgan fingerprint density at radius 2 is 2.04 bits per heavy atom. The predicted octanol–water partition coefficient (Wildman–Crippen LogP) is 2.87. The van der Waals surface area contributed by atoms with E-state index in [1.54, 1.807) is 13.1 Å². The van der Waals surface area contributed by atoms with E-state index in [0.29, 0.717) is 23.7 Å². The SMILES string of the molecule is Cn1nc(-c2cccc(C(=O)N(CC3CCC3)C[C@H]3CCCO3)c2)ccc1=O. The Balaban J connectivity index is 1.56. The van der Waals surface area contributed by atoms with Crippen LogP contribution in [0.3, 0.4) is 0 Å². The first-order valence-electron chi connectivity index (χ1n) is 10.2. The first-order chi connectivity index (χ1) is 13.6. The van der Waals surface area contributed by atoms with E-state index in [-0.39, 0.29) is 17.6 Å². The Hall–Kier alpha value is -2.47. The fraction of sp³-hybridized carbons (Fsp3) is 0.500. The molecule has 1 atom stereocenters. The van der Waals surface area contributed by atoms with Gasteiger partial charge in [0, 0.05) is 43.9 Å². The standard InChI is InChI=1S/C22H27N3O3/c1-24-21(26)11-10-20(23-24)17-7-3-8-18(13-17)22(27)25(14-16-5-2-6-16)15-19-9-4-12-28-19/h3,7-8,10-11,13,16,19H,2,4-6,9,12,14-15H2,1H3/t19-/m1/s1. The van der Waals surface area contributed by atoms with Gasteiger partial charge in [0.15, 0.2) is 0 Å². The van der Waals surface area contributed by atoms with Crippen LogP contribution in [0.5, 0.6) is 0 Å². The van der Waals surface area contributed by atoms with E-state index in [0.717, 1.165) is 31.6 Å². The second-order valence-electron chi connectivity index (χ2n) is 7.90. The van der Waals surface area contributed by atoms with Crippen molar-refractivity contribution in [2.75, 3.05) is 19.7 Å². The fourth-order valence-electron chi connectivity index (χ4n) is 3.91. The average molecular weight is 381 g/mol. The number of aromatic nitrogens is 2. The zero-order valence-electron chi connectivity index (χ0n) is 16.3. The highest BCUT2D eigenvalue weighted by atomic mass is 16.5. The van der Waals surface area contributed by atoms with Crippen LogP contribution in [0, 0.1) is 5.92 Å². The van der Waals surface area contributed by atoms with Crippen molar-refractivity contribution in [3.8, 4) is 11.3 Å². The van der Waals surface area contributed by atoms with Crippen molar-refractivity contribution in [3.63, 3.8) is 0 Å². The van der Waals surface area contributed by atoms with Crippen LogP contribution in [0.25, 0.3) is 11.3 Å². The van der Waals surface area contributed by atoms with Crippen LogP contribution in [-0.2, 0) is 11.8 Å². The summed E-state index contributed by atoms with van der Waals surface area (Å²) in [5.74, 6) is 0.660. The van der Waals surface area contributed by atoms with Crippen molar-refractivity contribution in [1.29, 1.82) is 0 Å². The van der Waals surface area contributed by atoms with E-state index in [1.807, 2.05) is 29.2 Å². The Kier molecular flexibility index (Phi) is 5.57. The van der Waals surface area contributed by atoms with Crippen molar-refractivity contribution >= 4 is 5.91 Å². The molecule has 1 aliphatic carbocycles. The number of amides is 1. The third-order valence-electron chi connectivity index (χ3n) is 5.80. The summed E-state index contributed by atoms with van der Waals surface area (Å²) in [5.41, 5.74) is 2.02. The number of hydrogen-bond acceptors (Lipinski definition) is 4. The third kappa shape index (κ3) is 4.17. The quantitative estimate of drug-likeness (QED) is 0.772. The molecule has 148 valence electrons. The van der Waals surface area contributed by atoms with E-state index in [4.69, 9.17) is 4.74 Å². The summed E-state index contributed by atoms with van der Waals surface area (Å²) in [5, 5.41) is 4.30. The number of carbonyl (C=O) groups excluding carboxylic acids is 1. The molecule has 1 saturated carbocycles. The number of aryl methyl sites for hydroxylation is 1. The van der Waals surface area contributed by atoms with Gasteiger partial charge in [0.2, 0.25) is 0 Å². The van der Waals surface area contributed by atoms with E-state index in [9.17, 15) is 9.59 Å². The van der Waals surface area contributed by atoms with Gasteiger partial charge in [-0.25, -0.2) is 4.68 Å². The molecular weight excluding hydrogens is 354 g/mol. The van der Waals surface area contributed by atoms with Crippen LogP contribution in [0.15, 0.2) is 41.2 Å². The van der Waals surface area contributed by atoms with Crippen LogP contribution in [0.1, 0.15) is 42.5 Å². The molecule has 0 unspecified atom stereocenters. The summed E-state index contributed by atoms with van der Waals surface area (Å²) in [7, 11) is 1.63. The Labute approximate surface area is 165 Å². The molecule has 2 aliphatic rings. The molecule has 4 rings (SSSR count). The van der Waals surface area contributed by atoms with E-state index < -0.39 is 0 Å². The van der Waals surface area contributed by atoms with Gasteiger partial charge in [-0.3, -0.25) is 9.59 Å². The number of carbonyl (C=O) groups is 1. The summed E-state index contributed by atoms with van der Waals surface area (Å²) in [4.78, 5) is 26.9. The normalized spacial score (nSPS) is 19.4. The van der Waals surface area contributed by atoms with E-state index in [1.165, 1.54) is 30.0 Å². The molecule has 1 aromatic heterocycles. The zero-order chi connectivity index (χ0) is 19.5. The van der Waals surface area contributed by atoms with Gasteiger partial charge < -0.3 is 9.64 Å². The molecule has 1 aromatic carbocycles. The van der Waals surface area contributed by atoms with Gasteiger partial charge in [0.05, 0.1) is 11.8 Å². The smallest absolute Gasteiger partial charge is 0.266 e. The maximum absolute atomic E-state index is 13.3. The molecule has 2 aromatic rings. The number of nitrogens with zero attached hydrogens (tertiary/aromatic N) is 3. The first kappa shape index (κ1) is 18.9. The number of ether oxygens (including phenoxy) is 1. The molecule has 1 aliphatic heterocycles. The van der Waals surface area contributed by atoms with E-state index >= 15 is 0 Å². The average Bonchev–Trinajstić information content (AvgIpc) is 3.18. The van der Waals surface area contributed by atoms with Gasteiger partial charge in [-0.15, -0.1) is 0 Å². The second-order valence-corrected chi connectivity index (χ2v) is 7.90. The van der Waals surface area contributed by atoms with Gasteiger partial charge in [-0.05, 0) is 49.8 Å². The summed E-state index contributed by atoms with van der Waals surface area (Å²) in [6.45, 7) is 2.27. The molecule has 0 spiro atoms. The summed E-state index contributed by atoms with van der Waals surface area (Å²) in [6.07, 6.45) is 5.92. The Morgan fingerprint density at radius 3 is 2.71 bits per heavy atom. The molecule has 2 fully saturated rings. The van der Waals surface area contributed by atoms with Crippen molar-refractivity contribution < 1.29 is 9.53 Å². The lowest BCUT2D eigenvalue weighted by atomic mass is 9.85. The molecule has 0 bridgehead atoms. The highest BCUT2D eigenvalue weighted by Gasteiger charge is 2.28. The van der Waals surface area contributed by atoms with Gasteiger partial charge in [0.1, 0.15) is 0 Å². The van der Waals surface area contributed by atoms with Crippen LogP contribution in [-0.4, -0.2) is 46.4 Å². The van der Waals surface area contributed by atoms with Crippen LogP contribution >= 0.6 is 0 Å². The molecule has 2 heterocycles. The van der Waals surface area contributed by atoms with Crippen molar-refractivity contribution in [2.24, 2.45) is 13.0 Å². The van der Waals surface area contributed by atoms with Crippen LogP contribution < -0.4 is 5.56 Å². The molecule has 0 N–H and O–H groups in total. The van der Waals surface area contributed by atoms with Crippen molar-refractivity contribution in [1.82, 2.24) is 14.7 Å². The maximum atomic E-state index is 13.3. The lowest BCUT2D eigenvalue weighted by Gasteiger charge is -2.33. The van der Waals surface area contributed by atoms with Gasteiger partial charge in [-0.2, -0.15) is 5.10 Å². The lowest BCUT2D eigenvalue weighted by molar-refractivity contribution is 0.0448. The van der Waals surface area contributed by atoms with Crippen molar-refractivity contribution in [2.45, 2.75) is 38.2 Å². The minimum absolute atomic E-state index is 0.0501. The minimum Gasteiger partial charge on any atom is -0.376 e. The molecule has 1 amide bonds. The highest BCUT2D eigenvalue weighted by Crippen LogP contribution is 2.28. The fourth-order valence-corrected chi connectivity index (χ4v) is 3.91. The summed E-state index contributed by atoms with van der Waals surface area (Å²) < 4.78 is 7.09. The maximum Gasteiger partial charge on any atom is 0.266 e. The number of rotatable bonds is 6. The molecule has 6 nitrogen and oxygen atoms in total. The number of benzene rings is 1. The van der Waals surface area contributed by atoms with Gasteiger partial charge in [-0.1, -0.05) is 18.6 Å². The molecule has 6 heteroatoms. The second kappa shape index (κ2) is 8.27. The van der Waals surface area contributed by atoms with Crippen LogP contribution in [0.4, 0.5) is 0 Å². The zero-order valence-corrected chi connectivity index (χ0v) is 16.3. The van der Waals surface area contributed by atoms with Gasteiger partial charge in [0.25, 0.3) is 11.5 Å². The summed E-state index contributed by atoms with van der Waals surface area (Å²) >= 11 is 0. The topological polar surface area (TPSA) is 64.4 Å². The predicted molar refractivity (Wildman–Crippen MR) is 107 cm³/mol. The number of hydrogen-bond donors (Lipinski definition) is 0. The lowest BCUT2D eigenvalue weighted by Crippen LogP contribution is -2.41. The third-order valence-corrected chi connectivity index (χ3v) is 5.80. The first-order valence-corrected chi connectivity index (χ1v) is 10.2. The Morgan fingerprint density at radius 1 is 1.18 bits per heavy atom. The van der Waals surface area contributed by atoms with Gasteiger partial charge >= 0.3 is 0 Å². The minimum atomic E-state index is -0.154. The summed E-state index contributed by atoms with van der Waals surface area (Å²) in [6, 6.07) is 10.7. The molecule has 0 radical (unpaired) electrons. The van der Waals surface area contributed by atoms with Crippen molar-refractivity contribution in [3.05, 3.63) is 52.3 Å².